The van der Waals surface area contributed by atoms with Gasteiger partial charge in [-0.1, -0.05) is 44.4 Å². The fourth-order valence-corrected chi connectivity index (χ4v) is 5.06. The number of fused-ring (bicyclic) bond motifs is 1. The van der Waals surface area contributed by atoms with Gasteiger partial charge in [-0.05, 0) is 49.3 Å². The molecule has 0 saturated heterocycles. The number of anilines is 1. The van der Waals surface area contributed by atoms with E-state index in [9.17, 15) is 23.1 Å². The van der Waals surface area contributed by atoms with Gasteiger partial charge in [0.1, 0.15) is 11.3 Å². The van der Waals surface area contributed by atoms with Crippen molar-refractivity contribution in [1.29, 1.82) is 0 Å². The van der Waals surface area contributed by atoms with Crippen LogP contribution in [0.4, 0.5) is 19.0 Å². The second-order valence-corrected chi connectivity index (χ2v) is 9.74. The van der Waals surface area contributed by atoms with Crippen molar-refractivity contribution in [2.24, 2.45) is 5.92 Å². The molecule has 2 aliphatic rings. The number of hydrogen-bond acceptors (Lipinski definition) is 5. The molecule has 36 heavy (non-hydrogen) atoms. The average molecular weight is 500 g/mol. The zero-order valence-electron chi connectivity index (χ0n) is 19.8. The molecule has 0 atom stereocenters. The molecular weight excluding hydrogens is 471 g/mol. The maximum Gasteiger partial charge on any atom is 0.416 e. The first-order valence-corrected chi connectivity index (χ1v) is 12.3. The molecule has 10 heteroatoms. The molecule has 7 nitrogen and oxygen atoms in total. The first kappa shape index (κ1) is 24.3. The Morgan fingerprint density at radius 1 is 1.03 bits per heavy atom. The fourth-order valence-electron chi connectivity index (χ4n) is 5.06. The summed E-state index contributed by atoms with van der Waals surface area (Å²) < 4.78 is 41.2. The smallest absolute Gasteiger partial charge is 0.416 e. The van der Waals surface area contributed by atoms with Crippen LogP contribution in [0.25, 0.3) is 11.2 Å². The minimum atomic E-state index is -4.41. The zero-order valence-corrected chi connectivity index (χ0v) is 19.8. The second kappa shape index (κ2) is 9.55. The molecule has 0 amide bonds. The van der Waals surface area contributed by atoms with Gasteiger partial charge in [-0.25, -0.2) is 19.7 Å². The normalized spacial score (nSPS) is 17.2. The minimum absolute atomic E-state index is 0.151. The molecule has 2 aliphatic carbocycles. The van der Waals surface area contributed by atoms with Crippen molar-refractivity contribution in [2.75, 3.05) is 5.32 Å². The summed E-state index contributed by atoms with van der Waals surface area (Å²) in [6.07, 6.45) is 3.85. The highest BCUT2D eigenvalue weighted by molar-refractivity contribution is 5.91. The van der Waals surface area contributed by atoms with Crippen LogP contribution in [0.15, 0.2) is 36.5 Å². The minimum Gasteiger partial charge on any atom is -0.475 e. The van der Waals surface area contributed by atoms with Gasteiger partial charge < -0.3 is 15.0 Å². The van der Waals surface area contributed by atoms with Gasteiger partial charge in [0.05, 0.1) is 5.56 Å². The third kappa shape index (κ3) is 4.81. The molecule has 0 unspecified atom stereocenters. The monoisotopic (exact) mass is 499 g/mol. The van der Waals surface area contributed by atoms with Crippen molar-refractivity contribution in [3.05, 3.63) is 59.3 Å². The van der Waals surface area contributed by atoms with Crippen LogP contribution >= 0.6 is 0 Å². The van der Waals surface area contributed by atoms with Gasteiger partial charge in [-0.3, -0.25) is 0 Å². The number of carboxylic acid groups (broad SMARTS) is 1. The van der Waals surface area contributed by atoms with E-state index in [1.165, 1.54) is 12.1 Å². The van der Waals surface area contributed by atoms with E-state index in [0.29, 0.717) is 16.9 Å². The van der Waals surface area contributed by atoms with Crippen molar-refractivity contribution in [3.63, 3.8) is 0 Å². The number of nitrogens with one attached hydrogen (secondary N) is 1. The summed E-state index contributed by atoms with van der Waals surface area (Å²) in [5.41, 5.74) is 1.53. The van der Waals surface area contributed by atoms with E-state index >= 15 is 0 Å². The Bertz CT molecular complexity index is 1290. The van der Waals surface area contributed by atoms with E-state index < -0.39 is 17.7 Å². The molecule has 3 aromatic rings. The van der Waals surface area contributed by atoms with Gasteiger partial charge in [0.15, 0.2) is 11.5 Å². The summed E-state index contributed by atoms with van der Waals surface area (Å²) in [4.78, 5) is 25.1. The van der Waals surface area contributed by atoms with Gasteiger partial charge in [0, 0.05) is 18.2 Å². The summed E-state index contributed by atoms with van der Waals surface area (Å²) in [6, 6.07) is 5.08. The van der Waals surface area contributed by atoms with Gasteiger partial charge in [0.25, 0.3) is 0 Å². The van der Waals surface area contributed by atoms with E-state index in [0.717, 1.165) is 75.0 Å². The highest BCUT2D eigenvalue weighted by Gasteiger charge is 2.31. The molecule has 0 radical (unpaired) electrons. The molecular formula is C26H28F3N5O2. The van der Waals surface area contributed by atoms with Crippen LogP contribution in [0.5, 0.6) is 0 Å². The molecule has 5 rings (SSSR count). The molecule has 2 saturated carbocycles. The van der Waals surface area contributed by atoms with Crippen molar-refractivity contribution in [3.8, 4) is 0 Å². The number of carboxylic acids is 1. The van der Waals surface area contributed by atoms with Crippen molar-refractivity contribution < 1.29 is 23.1 Å². The van der Waals surface area contributed by atoms with Gasteiger partial charge in [-0.15, -0.1) is 0 Å². The van der Waals surface area contributed by atoms with Crippen LogP contribution in [0.2, 0.25) is 0 Å². The Morgan fingerprint density at radius 2 is 1.72 bits per heavy atom. The highest BCUT2D eigenvalue weighted by Crippen LogP contribution is 2.37. The van der Waals surface area contributed by atoms with Crippen molar-refractivity contribution in [2.45, 2.75) is 70.0 Å². The lowest BCUT2D eigenvalue weighted by Gasteiger charge is -2.28. The molecule has 1 aromatic carbocycles. The number of allylic oxidation sites excluding steroid dienone is 1. The van der Waals surface area contributed by atoms with Crippen LogP contribution in [0, 0.1) is 5.92 Å². The predicted octanol–water partition coefficient (Wildman–Crippen LogP) is 6.37. The Kier molecular flexibility index (Phi) is 6.44. The van der Waals surface area contributed by atoms with E-state index in [1.807, 2.05) is 4.57 Å². The lowest BCUT2D eigenvalue weighted by molar-refractivity contribution is -0.137. The number of alkyl halides is 3. The van der Waals surface area contributed by atoms with Gasteiger partial charge in [-0.2, -0.15) is 13.2 Å². The number of benzene rings is 1. The van der Waals surface area contributed by atoms with Crippen molar-refractivity contribution in [1.82, 2.24) is 19.5 Å². The molecule has 2 N–H and O–H groups in total. The number of rotatable bonds is 7. The third-order valence-corrected chi connectivity index (χ3v) is 7.29. The number of nitrogens with zero attached hydrogens (tertiary/aromatic N) is 4. The molecule has 2 fully saturated rings. The Labute approximate surface area is 206 Å². The van der Waals surface area contributed by atoms with E-state index in [-0.39, 0.29) is 29.9 Å². The third-order valence-electron chi connectivity index (χ3n) is 7.29. The standard InChI is InChI=1S/C26H28F3N5O2/c1-15(17-8-5-9-17)30-21-20-22(32-23(31-21)25(35)36)33-24(18-6-3-2-4-7-18)34(20)14-16-10-12-19(13-11-16)26(27,28)29/h10-13,17-18H,1-9,14H2,(H,35,36)(H,30,31,32). The number of aromatic carboxylic acids is 1. The van der Waals surface area contributed by atoms with Crippen LogP contribution in [0.3, 0.4) is 0 Å². The topological polar surface area (TPSA) is 92.9 Å². The molecule has 0 bridgehead atoms. The first-order valence-electron chi connectivity index (χ1n) is 12.3. The highest BCUT2D eigenvalue weighted by atomic mass is 19.4. The number of hydrogen-bond donors (Lipinski definition) is 2. The summed E-state index contributed by atoms with van der Waals surface area (Å²) in [5.74, 6) is -0.105. The molecule has 2 heterocycles. The maximum atomic E-state index is 13.1. The average Bonchev–Trinajstić information content (AvgIpc) is 3.16. The maximum absolute atomic E-state index is 13.1. The van der Waals surface area contributed by atoms with E-state index in [4.69, 9.17) is 4.98 Å². The fraction of sp³-hybridized carbons (Fsp3) is 0.462. The molecule has 190 valence electrons. The van der Waals surface area contributed by atoms with Crippen molar-refractivity contribution >= 4 is 23.0 Å². The largest absolute Gasteiger partial charge is 0.475 e. The Hall–Kier alpha value is -3.43. The van der Waals surface area contributed by atoms with E-state index in [2.05, 4.69) is 21.9 Å². The lowest BCUT2D eigenvalue weighted by Crippen LogP contribution is -2.20. The quantitative estimate of drug-likeness (QED) is 0.393. The molecule has 2 aromatic heterocycles. The number of aromatic nitrogens is 4. The van der Waals surface area contributed by atoms with E-state index in [1.54, 1.807) is 0 Å². The van der Waals surface area contributed by atoms with Crippen LogP contribution < -0.4 is 5.32 Å². The Balaban J connectivity index is 1.62. The Morgan fingerprint density at radius 3 is 2.31 bits per heavy atom. The van der Waals surface area contributed by atoms with Gasteiger partial charge >= 0.3 is 12.1 Å². The van der Waals surface area contributed by atoms with Gasteiger partial charge in [0.2, 0.25) is 5.82 Å². The zero-order chi connectivity index (χ0) is 25.4. The predicted molar refractivity (Wildman–Crippen MR) is 129 cm³/mol. The number of carbonyl (C=O) groups is 1. The molecule has 0 aliphatic heterocycles. The summed E-state index contributed by atoms with van der Waals surface area (Å²) in [5, 5.41) is 12.9. The molecule has 0 spiro atoms. The number of halogens is 3. The SMILES string of the molecule is C=C(Nc1nc(C(=O)O)nc2nc(C3CCCCC3)n(Cc3ccc(C(F)(F)F)cc3)c12)C1CCC1. The summed E-state index contributed by atoms with van der Waals surface area (Å²) in [6.45, 7) is 4.41. The second-order valence-electron chi connectivity index (χ2n) is 9.74. The van der Waals surface area contributed by atoms with Crippen LogP contribution in [-0.4, -0.2) is 30.6 Å². The summed E-state index contributed by atoms with van der Waals surface area (Å²) in [7, 11) is 0. The number of imidazole rings is 1. The summed E-state index contributed by atoms with van der Waals surface area (Å²) >= 11 is 0. The van der Waals surface area contributed by atoms with Crippen LogP contribution in [0.1, 0.15) is 84.9 Å². The van der Waals surface area contributed by atoms with Crippen LogP contribution in [-0.2, 0) is 12.7 Å². The lowest BCUT2D eigenvalue weighted by atomic mass is 9.83. The first-order chi connectivity index (χ1) is 17.2.